The summed E-state index contributed by atoms with van der Waals surface area (Å²) in [4.78, 5) is 3.90. The van der Waals surface area contributed by atoms with Crippen LogP contribution in [-0.2, 0) is 4.74 Å². The Hall–Kier alpha value is -0.870. The average molecular weight is 211 g/mol. The van der Waals surface area contributed by atoms with Gasteiger partial charge in [0.1, 0.15) is 5.82 Å². The molecule has 0 aromatic rings. The lowest BCUT2D eigenvalue weighted by molar-refractivity contribution is 0.0670. The molecule has 0 radical (unpaired) electrons. The van der Waals surface area contributed by atoms with Gasteiger partial charge in [0, 0.05) is 25.8 Å². The van der Waals surface area contributed by atoms with Crippen molar-refractivity contribution in [1.29, 1.82) is 0 Å². The Morgan fingerprint density at radius 2 is 2.33 bits per heavy atom. The fourth-order valence-corrected chi connectivity index (χ4v) is 1.62. The molecule has 1 saturated heterocycles. The first-order valence-corrected chi connectivity index (χ1v) is 5.48. The highest BCUT2D eigenvalue weighted by Gasteiger charge is 2.13. The predicted molar refractivity (Wildman–Crippen MR) is 62.8 cm³/mol. The second kappa shape index (κ2) is 6.58. The summed E-state index contributed by atoms with van der Waals surface area (Å²) < 4.78 is 5.30. The highest BCUT2D eigenvalue weighted by Crippen LogP contribution is 2.13. The normalized spacial score (nSPS) is 21.1. The number of nitrogens with one attached hydrogen (secondary N) is 1. The van der Waals surface area contributed by atoms with Crippen molar-refractivity contribution in [1.82, 2.24) is 5.32 Å². The fraction of sp³-hybridized carbons (Fsp3) is 0.727. The second-order valence-electron chi connectivity index (χ2n) is 4.01. The standard InChI is InChI=1S/C11H21N3O/c1-9(12)7-11(13-2)14-8-10-3-5-15-6-4-10/h7,9-10,14H,2-6,8,12H2,1H3/b11-7+. The van der Waals surface area contributed by atoms with Crippen LogP contribution >= 0.6 is 0 Å². The molecule has 0 spiro atoms. The maximum absolute atomic E-state index is 5.65. The van der Waals surface area contributed by atoms with E-state index in [2.05, 4.69) is 17.0 Å². The van der Waals surface area contributed by atoms with Crippen LogP contribution in [0.5, 0.6) is 0 Å². The number of nitrogens with two attached hydrogens (primary N) is 1. The summed E-state index contributed by atoms with van der Waals surface area (Å²) in [6.07, 6.45) is 4.12. The Balaban J connectivity index is 2.29. The van der Waals surface area contributed by atoms with Crippen LogP contribution in [-0.4, -0.2) is 32.5 Å². The van der Waals surface area contributed by atoms with Gasteiger partial charge in [-0.1, -0.05) is 0 Å². The van der Waals surface area contributed by atoms with Crippen LogP contribution in [0.2, 0.25) is 0 Å². The van der Waals surface area contributed by atoms with Crippen LogP contribution in [0.1, 0.15) is 19.8 Å². The van der Waals surface area contributed by atoms with Gasteiger partial charge in [-0.25, -0.2) is 4.99 Å². The molecule has 15 heavy (non-hydrogen) atoms. The lowest BCUT2D eigenvalue weighted by Crippen LogP contribution is -2.27. The minimum absolute atomic E-state index is 0.00712. The van der Waals surface area contributed by atoms with Crippen LogP contribution in [0, 0.1) is 5.92 Å². The van der Waals surface area contributed by atoms with Gasteiger partial charge in [0.25, 0.3) is 0 Å². The Bertz CT molecular complexity index is 220. The van der Waals surface area contributed by atoms with Crippen molar-refractivity contribution in [2.45, 2.75) is 25.8 Å². The molecule has 0 aromatic heterocycles. The van der Waals surface area contributed by atoms with Crippen LogP contribution in [0.3, 0.4) is 0 Å². The Labute approximate surface area is 91.6 Å². The Morgan fingerprint density at radius 1 is 1.67 bits per heavy atom. The van der Waals surface area contributed by atoms with Crippen molar-refractivity contribution in [3.8, 4) is 0 Å². The molecule has 0 aromatic carbocycles. The maximum atomic E-state index is 5.65. The zero-order valence-corrected chi connectivity index (χ0v) is 9.41. The molecule has 1 rings (SSSR count). The van der Waals surface area contributed by atoms with Crippen LogP contribution in [0.15, 0.2) is 16.9 Å². The number of ether oxygens (including phenoxy) is 1. The van der Waals surface area contributed by atoms with Gasteiger partial charge in [0.05, 0.1) is 0 Å². The second-order valence-corrected chi connectivity index (χ2v) is 4.01. The van der Waals surface area contributed by atoms with Gasteiger partial charge in [-0.3, -0.25) is 0 Å². The van der Waals surface area contributed by atoms with Gasteiger partial charge in [-0.2, -0.15) is 0 Å². The monoisotopic (exact) mass is 211 g/mol. The summed E-state index contributed by atoms with van der Waals surface area (Å²) in [6.45, 7) is 8.12. The molecule has 4 nitrogen and oxygen atoms in total. The highest BCUT2D eigenvalue weighted by atomic mass is 16.5. The first-order valence-electron chi connectivity index (χ1n) is 5.48. The van der Waals surface area contributed by atoms with Crippen molar-refractivity contribution >= 4 is 6.72 Å². The largest absolute Gasteiger partial charge is 0.381 e. The molecule has 1 fully saturated rings. The van der Waals surface area contributed by atoms with Crippen LogP contribution in [0.4, 0.5) is 0 Å². The van der Waals surface area contributed by atoms with Crippen molar-refractivity contribution in [3.63, 3.8) is 0 Å². The zero-order chi connectivity index (χ0) is 11.1. The molecule has 1 atom stereocenters. The van der Waals surface area contributed by atoms with Crippen molar-refractivity contribution in [3.05, 3.63) is 11.9 Å². The average Bonchev–Trinajstić information content (AvgIpc) is 2.25. The molecule has 1 unspecified atom stereocenters. The first kappa shape index (κ1) is 12.2. The van der Waals surface area contributed by atoms with Gasteiger partial charge in [-0.15, -0.1) is 0 Å². The third kappa shape index (κ3) is 4.95. The molecular formula is C11H21N3O. The van der Waals surface area contributed by atoms with E-state index in [1.807, 2.05) is 13.0 Å². The number of nitrogens with zero attached hydrogens (tertiary/aromatic N) is 1. The van der Waals surface area contributed by atoms with Gasteiger partial charge < -0.3 is 15.8 Å². The zero-order valence-electron chi connectivity index (χ0n) is 9.41. The number of hydrogen-bond donors (Lipinski definition) is 2. The van der Waals surface area contributed by atoms with E-state index in [1.54, 1.807) is 0 Å². The molecule has 1 aliphatic heterocycles. The molecule has 3 N–H and O–H groups in total. The summed E-state index contributed by atoms with van der Waals surface area (Å²) in [5, 5.41) is 3.27. The SMILES string of the molecule is C=N/C(=C\C(C)N)NCC1CCOCC1. The van der Waals surface area contributed by atoms with E-state index in [9.17, 15) is 0 Å². The summed E-state index contributed by atoms with van der Waals surface area (Å²) >= 11 is 0. The van der Waals surface area contributed by atoms with Gasteiger partial charge >= 0.3 is 0 Å². The number of hydrogen-bond acceptors (Lipinski definition) is 4. The van der Waals surface area contributed by atoms with Crippen molar-refractivity contribution in [2.24, 2.45) is 16.6 Å². The van der Waals surface area contributed by atoms with Crippen LogP contribution in [0.25, 0.3) is 0 Å². The Kier molecular flexibility index (Phi) is 5.36. The fourth-order valence-electron chi connectivity index (χ4n) is 1.62. The molecule has 4 heteroatoms. The van der Waals surface area contributed by atoms with E-state index in [1.165, 1.54) is 0 Å². The molecule has 86 valence electrons. The van der Waals surface area contributed by atoms with E-state index in [-0.39, 0.29) is 6.04 Å². The van der Waals surface area contributed by atoms with Crippen molar-refractivity contribution < 1.29 is 4.74 Å². The minimum atomic E-state index is 0.00712. The van der Waals surface area contributed by atoms with Crippen LogP contribution < -0.4 is 11.1 Å². The summed E-state index contributed by atoms with van der Waals surface area (Å²) in [5.41, 5.74) is 5.65. The summed E-state index contributed by atoms with van der Waals surface area (Å²) in [6, 6.07) is 0.00712. The smallest absolute Gasteiger partial charge is 0.122 e. The third-order valence-electron chi connectivity index (χ3n) is 2.50. The first-order chi connectivity index (χ1) is 7.22. The molecule has 1 aliphatic rings. The minimum Gasteiger partial charge on any atom is -0.381 e. The summed E-state index contributed by atoms with van der Waals surface area (Å²) in [7, 11) is 0. The summed E-state index contributed by atoms with van der Waals surface area (Å²) in [5.74, 6) is 1.47. The quantitative estimate of drug-likeness (QED) is 0.664. The predicted octanol–water partition coefficient (Wildman–Crippen LogP) is 0.892. The Morgan fingerprint density at radius 3 is 2.87 bits per heavy atom. The molecule has 0 amide bonds. The van der Waals surface area contributed by atoms with E-state index in [4.69, 9.17) is 10.5 Å². The molecule has 0 aliphatic carbocycles. The van der Waals surface area contributed by atoms with Gasteiger partial charge in [0.2, 0.25) is 0 Å². The molecule has 1 heterocycles. The van der Waals surface area contributed by atoms with Gasteiger partial charge in [-0.05, 0) is 38.5 Å². The molecule has 0 bridgehead atoms. The lowest BCUT2D eigenvalue weighted by Gasteiger charge is -2.22. The lowest BCUT2D eigenvalue weighted by atomic mass is 10.0. The number of aliphatic imine (C=N–C) groups is 1. The van der Waals surface area contributed by atoms with E-state index in [0.29, 0.717) is 5.92 Å². The van der Waals surface area contributed by atoms with Crippen molar-refractivity contribution in [2.75, 3.05) is 19.8 Å². The molecular weight excluding hydrogens is 190 g/mol. The molecule has 0 saturated carbocycles. The van der Waals surface area contributed by atoms with Gasteiger partial charge in [0.15, 0.2) is 0 Å². The van der Waals surface area contributed by atoms with E-state index >= 15 is 0 Å². The topological polar surface area (TPSA) is 59.6 Å². The highest BCUT2D eigenvalue weighted by molar-refractivity contribution is 5.28. The van der Waals surface area contributed by atoms with E-state index in [0.717, 1.165) is 38.4 Å². The van der Waals surface area contributed by atoms with E-state index < -0.39 is 0 Å². The number of rotatable bonds is 5. The third-order valence-corrected chi connectivity index (χ3v) is 2.50. The maximum Gasteiger partial charge on any atom is 0.122 e.